The molecule has 0 amide bonds. The maximum absolute atomic E-state index is 10.7. The third-order valence-corrected chi connectivity index (χ3v) is 3.08. The van der Waals surface area contributed by atoms with E-state index >= 15 is 0 Å². The van der Waals surface area contributed by atoms with E-state index in [-0.39, 0.29) is 12.5 Å². The molecule has 0 saturated heterocycles. The second-order valence-electron chi connectivity index (χ2n) is 4.68. The molecule has 0 aromatic heterocycles. The van der Waals surface area contributed by atoms with Crippen molar-refractivity contribution in [3.63, 3.8) is 0 Å². The van der Waals surface area contributed by atoms with Gasteiger partial charge in [-0.05, 0) is 27.0 Å². The number of aryl methyl sites for hydroxylation is 1. The van der Waals surface area contributed by atoms with Crippen molar-refractivity contribution in [1.29, 1.82) is 0 Å². The molecule has 1 aromatic carbocycles. The molecule has 0 heterocycles. The van der Waals surface area contributed by atoms with Gasteiger partial charge in [-0.15, -0.1) is 0 Å². The van der Waals surface area contributed by atoms with Gasteiger partial charge in [-0.3, -0.25) is 9.69 Å². The van der Waals surface area contributed by atoms with Gasteiger partial charge in [-0.2, -0.15) is 0 Å². The molecule has 0 saturated carbocycles. The molecule has 18 heavy (non-hydrogen) atoms. The number of carbonyl (C=O) groups is 1. The maximum atomic E-state index is 10.7. The molecule has 0 aliphatic carbocycles. The van der Waals surface area contributed by atoms with Gasteiger partial charge in [-0.1, -0.05) is 17.7 Å². The Morgan fingerprint density at radius 3 is 2.72 bits per heavy atom. The summed E-state index contributed by atoms with van der Waals surface area (Å²) >= 11 is 0. The van der Waals surface area contributed by atoms with Crippen molar-refractivity contribution in [3.05, 3.63) is 29.3 Å². The van der Waals surface area contributed by atoms with E-state index in [1.807, 2.05) is 37.9 Å². The smallest absolute Gasteiger partial charge is 0.304 e. The molecule has 1 N–H and O–H groups in total. The van der Waals surface area contributed by atoms with E-state index in [9.17, 15) is 4.79 Å². The van der Waals surface area contributed by atoms with E-state index in [0.717, 1.165) is 11.3 Å². The molecule has 0 radical (unpaired) electrons. The van der Waals surface area contributed by atoms with Crippen LogP contribution >= 0.6 is 0 Å². The van der Waals surface area contributed by atoms with Crippen LogP contribution in [0, 0.1) is 6.92 Å². The third kappa shape index (κ3) is 4.04. The molecule has 1 unspecified atom stereocenters. The lowest BCUT2D eigenvalue weighted by molar-refractivity contribution is -0.138. The summed E-state index contributed by atoms with van der Waals surface area (Å²) in [6, 6.07) is 6.01. The van der Waals surface area contributed by atoms with Gasteiger partial charge < -0.3 is 9.84 Å². The Bertz CT molecular complexity index is 418. The van der Waals surface area contributed by atoms with Crippen LogP contribution in [-0.4, -0.2) is 36.2 Å². The Kier molecular flexibility index (Phi) is 5.16. The minimum Gasteiger partial charge on any atom is -0.496 e. The quantitative estimate of drug-likeness (QED) is 0.843. The Morgan fingerprint density at radius 2 is 2.17 bits per heavy atom. The molecule has 1 atom stereocenters. The Hall–Kier alpha value is -1.55. The molecule has 100 valence electrons. The van der Waals surface area contributed by atoms with E-state index < -0.39 is 5.97 Å². The zero-order valence-electron chi connectivity index (χ0n) is 11.4. The summed E-state index contributed by atoms with van der Waals surface area (Å²) < 4.78 is 5.32. The second-order valence-corrected chi connectivity index (χ2v) is 4.68. The third-order valence-electron chi connectivity index (χ3n) is 3.08. The lowest BCUT2D eigenvalue weighted by Crippen LogP contribution is -2.30. The number of aliphatic carboxylic acids is 1. The van der Waals surface area contributed by atoms with Gasteiger partial charge in [0, 0.05) is 18.2 Å². The first-order chi connectivity index (χ1) is 8.43. The van der Waals surface area contributed by atoms with Crippen molar-refractivity contribution in [1.82, 2.24) is 4.90 Å². The lowest BCUT2D eigenvalue weighted by atomic mass is 10.1. The molecule has 4 nitrogen and oxygen atoms in total. The van der Waals surface area contributed by atoms with Crippen LogP contribution in [0.4, 0.5) is 0 Å². The molecule has 1 rings (SSSR count). The summed E-state index contributed by atoms with van der Waals surface area (Å²) in [5, 5.41) is 8.79. The highest BCUT2D eigenvalue weighted by molar-refractivity contribution is 5.67. The van der Waals surface area contributed by atoms with Crippen molar-refractivity contribution in [2.75, 3.05) is 14.2 Å². The van der Waals surface area contributed by atoms with Crippen molar-refractivity contribution in [2.24, 2.45) is 0 Å². The normalized spacial score (nSPS) is 12.5. The van der Waals surface area contributed by atoms with Crippen molar-refractivity contribution >= 4 is 5.97 Å². The molecule has 4 heteroatoms. The number of methoxy groups -OCH3 is 1. The molecule has 1 aromatic rings. The first-order valence-corrected chi connectivity index (χ1v) is 5.99. The molecule has 0 fully saturated rings. The number of ether oxygens (including phenoxy) is 1. The largest absolute Gasteiger partial charge is 0.496 e. The summed E-state index contributed by atoms with van der Waals surface area (Å²) in [7, 11) is 3.57. The van der Waals surface area contributed by atoms with Crippen LogP contribution in [0.2, 0.25) is 0 Å². The number of hydrogen-bond acceptors (Lipinski definition) is 3. The van der Waals surface area contributed by atoms with Crippen LogP contribution < -0.4 is 4.74 Å². The Morgan fingerprint density at radius 1 is 1.50 bits per heavy atom. The van der Waals surface area contributed by atoms with E-state index in [1.54, 1.807) is 7.11 Å². The monoisotopic (exact) mass is 251 g/mol. The number of hydrogen-bond donors (Lipinski definition) is 1. The average Bonchev–Trinajstić information content (AvgIpc) is 2.28. The van der Waals surface area contributed by atoms with Gasteiger partial charge in [0.15, 0.2) is 0 Å². The molecule has 0 spiro atoms. The van der Waals surface area contributed by atoms with Crippen LogP contribution in [0.25, 0.3) is 0 Å². The molecular formula is C14H21NO3. The van der Waals surface area contributed by atoms with Crippen LogP contribution in [0.3, 0.4) is 0 Å². The number of rotatable bonds is 6. The molecule has 0 aliphatic heterocycles. The number of carboxylic acids is 1. The predicted octanol–water partition coefficient (Wildman–Crippen LogP) is 2.30. The number of carboxylic acid groups (broad SMARTS) is 1. The van der Waals surface area contributed by atoms with Crippen molar-refractivity contribution < 1.29 is 14.6 Å². The van der Waals surface area contributed by atoms with Crippen LogP contribution in [-0.2, 0) is 11.3 Å². The Balaban J connectivity index is 2.77. The SMILES string of the molecule is COc1ccc(C)cc1CN(C)C(C)CC(=O)O. The number of benzene rings is 1. The zero-order chi connectivity index (χ0) is 13.7. The van der Waals surface area contributed by atoms with Gasteiger partial charge in [0.25, 0.3) is 0 Å². The van der Waals surface area contributed by atoms with E-state index in [2.05, 4.69) is 6.07 Å². The second kappa shape index (κ2) is 6.40. The fourth-order valence-corrected chi connectivity index (χ4v) is 1.86. The van der Waals surface area contributed by atoms with Gasteiger partial charge in [0.05, 0.1) is 13.5 Å². The topological polar surface area (TPSA) is 49.8 Å². The minimum atomic E-state index is -0.773. The maximum Gasteiger partial charge on any atom is 0.304 e. The Labute approximate surface area is 108 Å². The van der Waals surface area contributed by atoms with Gasteiger partial charge in [0.2, 0.25) is 0 Å². The zero-order valence-corrected chi connectivity index (χ0v) is 11.4. The van der Waals surface area contributed by atoms with Crippen LogP contribution in [0.1, 0.15) is 24.5 Å². The summed E-state index contributed by atoms with van der Waals surface area (Å²) in [5.41, 5.74) is 2.25. The highest BCUT2D eigenvalue weighted by Gasteiger charge is 2.15. The van der Waals surface area contributed by atoms with Crippen molar-refractivity contribution in [2.45, 2.75) is 32.9 Å². The fraction of sp³-hybridized carbons (Fsp3) is 0.500. The van der Waals surface area contributed by atoms with Gasteiger partial charge >= 0.3 is 5.97 Å². The highest BCUT2D eigenvalue weighted by atomic mass is 16.5. The highest BCUT2D eigenvalue weighted by Crippen LogP contribution is 2.22. The molecular weight excluding hydrogens is 230 g/mol. The first kappa shape index (κ1) is 14.5. The van der Waals surface area contributed by atoms with E-state index in [0.29, 0.717) is 6.54 Å². The van der Waals surface area contributed by atoms with E-state index in [4.69, 9.17) is 9.84 Å². The fourth-order valence-electron chi connectivity index (χ4n) is 1.86. The van der Waals surface area contributed by atoms with E-state index in [1.165, 1.54) is 5.56 Å². The van der Waals surface area contributed by atoms with Gasteiger partial charge in [0.1, 0.15) is 5.75 Å². The summed E-state index contributed by atoms with van der Waals surface area (Å²) in [6.45, 7) is 4.62. The standard InChI is InChI=1S/C14H21NO3/c1-10-5-6-13(18-4)12(7-10)9-15(3)11(2)8-14(16)17/h5-7,11H,8-9H2,1-4H3,(H,16,17). The predicted molar refractivity (Wildman–Crippen MR) is 70.9 cm³/mol. The molecule has 0 aliphatic rings. The summed E-state index contributed by atoms with van der Waals surface area (Å²) in [4.78, 5) is 12.7. The van der Waals surface area contributed by atoms with Crippen LogP contribution in [0.15, 0.2) is 18.2 Å². The lowest BCUT2D eigenvalue weighted by Gasteiger charge is -2.24. The van der Waals surface area contributed by atoms with Crippen LogP contribution in [0.5, 0.6) is 5.75 Å². The number of nitrogens with zero attached hydrogens (tertiary/aromatic N) is 1. The molecule has 0 bridgehead atoms. The van der Waals surface area contributed by atoms with Gasteiger partial charge in [-0.25, -0.2) is 0 Å². The average molecular weight is 251 g/mol. The summed E-state index contributed by atoms with van der Waals surface area (Å²) in [5.74, 6) is 0.0699. The minimum absolute atomic E-state index is 0.00674. The first-order valence-electron chi connectivity index (χ1n) is 5.99. The van der Waals surface area contributed by atoms with Crippen molar-refractivity contribution in [3.8, 4) is 5.75 Å². The summed E-state index contributed by atoms with van der Waals surface area (Å²) in [6.07, 6.45) is 0.143.